The van der Waals surface area contributed by atoms with Crippen molar-refractivity contribution in [3.05, 3.63) is 66.1 Å². The lowest BCUT2D eigenvalue weighted by molar-refractivity contribution is 0.236. The topological polar surface area (TPSA) is 98.8 Å². The summed E-state index contributed by atoms with van der Waals surface area (Å²) in [7, 11) is 0. The monoisotopic (exact) mass is 503 g/mol. The molecule has 0 radical (unpaired) electrons. The molecule has 3 aromatic heterocycles. The third-order valence-electron chi connectivity index (χ3n) is 7.18. The van der Waals surface area contributed by atoms with Crippen LogP contribution in [-0.4, -0.2) is 44.6 Å². The van der Waals surface area contributed by atoms with E-state index in [4.69, 9.17) is 0 Å². The van der Waals surface area contributed by atoms with Crippen molar-refractivity contribution in [2.24, 2.45) is 0 Å². The molecule has 37 heavy (non-hydrogen) atoms. The summed E-state index contributed by atoms with van der Waals surface area (Å²) in [6.07, 6.45) is 9.05. The molecule has 2 amide bonds. The number of aromatic amines is 1. The van der Waals surface area contributed by atoms with E-state index in [9.17, 15) is 13.6 Å². The number of benzene rings is 1. The smallest absolute Gasteiger partial charge is 0.322 e. The Kier molecular flexibility index (Phi) is 6.15. The van der Waals surface area contributed by atoms with Crippen molar-refractivity contribution in [2.75, 3.05) is 16.8 Å². The Morgan fingerprint density at radius 3 is 2.86 bits per heavy atom. The first kappa shape index (κ1) is 23.3. The highest BCUT2D eigenvalue weighted by Crippen LogP contribution is 2.30. The molecule has 2 aliphatic rings. The van der Waals surface area contributed by atoms with Crippen LogP contribution in [0.3, 0.4) is 0 Å². The molecular weight excluding hydrogens is 476 g/mol. The van der Waals surface area contributed by atoms with Gasteiger partial charge < -0.3 is 15.6 Å². The second-order valence-corrected chi connectivity index (χ2v) is 9.68. The van der Waals surface area contributed by atoms with E-state index in [0.29, 0.717) is 29.6 Å². The molecule has 1 aliphatic carbocycles. The van der Waals surface area contributed by atoms with Crippen molar-refractivity contribution < 1.29 is 13.6 Å². The van der Waals surface area contributed by atoms with Crippen molar-refractivity contribution in [3.63, 3.8) is 0 Å². The first-order chi connectivity index (χ1) is 18.0. The molecular formula is C27H27F2N7O. The van der Waals surface area contributed by atoms with Crippen molar-refractivity contribution >= 4 is 28.6 Å². The number of amides is 2. The molecule has 0 unspecified atom stereocenters. The van der Waals surface area contributed by atoms with Crippen LogP contribution in [0.4, 0.5) is 25.1 Å². The van der Waals surface area contributed by atoms with Crippen molar-refractivity contribution in [2.45, 2.75) is 50.6 Å². The number of para-hydroxylation sites is 1. The largest absolute Gasteiger partial charge is 0.365 e. The number of hydrogen-bond acceptors (Lipinski definition) is 5. The molecule has 1 fully saturated rings. The molecule has 0 spiro atoms. The van der Waals surface area contributed by atoms with Gasteiger partial charge in [-0.1, -0.05) is 18.2 Å². The number of H-pyrrole nitrogens is 1. The summed E-state index contributed by atoms with van der Waals surface area (Å²) in [6.45, 7) is 0.694. The number of halogens is 2. The van der Waals surface area contributed by atoms with Crippen molar-refractivity contribution in [1.82, 2.24) is 25.3 Å². The van der Waals surface area contributed by atoms with Crippen LogP contribution >= 0.6 is 0 Å². The van der Waals surface area contributed by atoms with Crippen LogP contribution in [-0.2, 0) is 6.42 Å². The zero-order valence-corrected chi connectivity index (χ0v) is 20.2. The average molecular weight is 504 g/mol. The first-order valence-corrected chi connectivity index (χ1v) is 12.6. The number of nitrogens with one attached hydrogen (secondary N) is 3. The fourth-order valence-electron chi connectivity index (χ4n) is 5.40. The van der Waals surface area contributed by atoms with Gasteiger partial charge in [0.2, 0.25) is 0 Å². The number of anilines is 2. The molecule has 4 aromatic rings. The molecule has 0 saturated heterocycles. The summed E-state index contributed by atoms with van der Waals surface area (Å²) in [4.78, 5) is 30.5. The number of aryl methyl sites for hydroxylation is 1. The minimum atomic E-state index is -0.566. The van der Waals surface area contributed by atoms with Crippen LogP contribution in [0.1, 0.15) is 37.7 Å². The highest BCUT2D eigenvalue weighted by molar-refractivity contribution is 5.93. The SMILES string of the molecule is O=C(N[C@H]1CCC[C@@H](Nc2nc(-c3c[nH]c4ncc(F)cc34)ncc2F)C1)N1CCCc2ccccc21. The van der Waals surface area contributed by atoms with E-state index in [1.807, 2.05) is 23.1 Å². The number of fused-ring (bicyclic) bond motifs is 2. The lowest BCUT2D eigenvalue weighted by Gasteiger charge is -2.34. The van der Waals surface area contributed by atoms with Crippen LogP contribution in [0, 0.1) is 11.6 Å². The van der Waals surface area contributed by atoms with Gasteiger partial charge >= 0.3 is 6.03 Å². The van der Waals surface area contributed by atoms with Gasteiger partial charge in [-0.25, -0.2) is 28.5 Å². The molecule has 4 heterocycles. The number of carbonyl (C=O) groups excluding carboxylic acids is 1. The Bertz CT molecular complexity index is 1460. The molecule has 1 aliphatic heterocycles. The highest BCUT2D eigenvalue weighted by Gasteiger charge is 2.28. The number of aromatic nitrogens is 4. The third-order valence-corrected chi connectivity index (χ3v) is 7.18. The average Bonchev–Trinajstić information content (AvgIpc) is 3.33. The summed E-state index contributed by atoms with van der Waals surface area (Å²) in [5.74, 6) is -0.682. The number of pyridine rings is 1. The fraction of sp³-hybridized carbons (Fsp3) is 0.333. The van der Waals surface area contributed by atoms with Gasteiger partial charge in [0.1, 0.15) is 11.5 Å². The fourth-order valence-corrected chi connectivity index (χ4v) is 5.40. The lowest BCUT2D eigenvalue weighted by atomic mass is 9.91. The number of urea groups is 1. The van der Waals surface area contributed by atoms with Gasteiger partial charge in [-0.15, -0.1) is 0 Å². The summed E-state index contributed by atoms with van der Waals surface area (Å²) < 4.78 is 28.4. The minimum absolute atomic E-state index is 0.0279. The lowest BCUT2D eigenvalue weighted by Crippen LogP contribution is -2.49. The third kappa shape index (κ3) is 4.71. The molecule has 0 bridgehead atoms. The van der Waals surface area contributed by atoms with E-state index in [0.717, 1.165) is 50.2 Å². The number of carbonyl (C=O) groups is 1. The Balaban J connectivity index is 1.15. The van der Waals surface area contributed by atoms with Gasteiger partial charge in [0, 0.05) is 41.5 Å². The summed E-state index contributed by atoms with van der Waals surface area (Å²) in [6, 6.07) is 9.20. The Labute approximate surface area is 212 Å². The summed E-state index contributed by atoms with van der Waals surface area (Å²) in [5, 5.41) is 6.94. The Hall–Kier alpha value is -4.08. The standard InChI is InChI=1S/C27H27F2N7O/c28-17-11-20-21(14-31-24(20)30-13-17)25-32-15-22(29)26(35-25)33-18-7-3-8-19(12-18)34-27(37)36-10-4-6-16-5-1-2-9-23(16)36/h1-2,5,9,11,13-15,18-19H,3-4,6-8,10,12H2,(H,30,31)(H,34,37)(H,32,33,35)/t18-,19+/m1/s1. The van der Waals surface area contributed by atoms with Crippen LogP contribution < -0.4 is 15.5 Å². The Morgan fingerprint density at radius 2 is 1.95 bits per heavy atom. The van der Waals surface area contributed by atoms with E-state index in [2.05, 4.69) is 36.6 Å². The van der Waals surface area contributed by atoms with Gasteiger partial charge in [-0.2, -0.15) is 0 Å². The molecule has 2 atom stereocenters. The summed E-state index contributed by atoms with van der Waals surface area (Å²) in [5.41, 5.74) is 3.21. The molecule has 3 N–H and O–H groups in total. The molecule has 6 rings (SSSR count). The zero-order valence-electron chi connectivity index (χ0n) is 20.2. The molecule has 1 saturated carbocycles. The highest BCUT2D eigenvalue weighted by atomic mass is 19.1. The second-order valence-electron chi connectivity index (χ2n) is 9.68. The van der Waals surface area contributed by atoms with Crippen LogP contribution in [0.25, 0.3) is 22.4 Å². The molecule has 190 valence electrons. The second kappa shape index (κ2) is 9.76. The predicted octanol–water partition coefficient (Wildman–Crippen LogP) is 5.18. The van der Waals surface area contributed by atoms with E-state index < -0.39 is 11.6 Å². The maximum Gasteiger partial charge on any atom is 0.322 e. The van der Waals surface area contributed by atoms with Gasteiger partial charge in [-0.3, -0.25) is 4.90 Å². The van der Waals surface area contributed by atoms with Crippen LogP contribution in [0.5, 0.6) is 0 Å². The van der Waals surface area contributed by atoms with E-state index in [-0.39, 0.29) is 29.8 Å². The summed E-state index contributed by atoms with van der Waals surface area (Å²) >= 11 is 0. The predicted molar refractivity (Wildman–Crippen MR) is 137 cm³/mol. The maximum absolute atomic E-state index is 14.7. The number of nitrogens with zero attached hydrogens (tertiary/aromatic N) is 4. The van der Waals surface area contributed by atoms with Gasteiger partial charge in [-0.05, 0) is 56.2 Å². The first-order valence-electron chi connectivity index (χ1n) is 12.6. The van der Waals surface area contributed by atoms with Crippen LogP contribution in [0.2, 0.25) is 0 Å². The van der Waals surface area contributed by atoms with Crippen molar-refractivity contribution in [3.8, 4) is 11.4 Å². The molecule has 8 nitrogen and oxygen atoms in total. The normalized spacial score (nSPS) is 19.5. The maximum atomic E-state index is 14.7. The van der Waals surface area contributed by atoms with Gasteiger partial charge in [0.15, 0.2) is 17.5 Å². The molecule has 10 heteroatoms. The van der Waals surface area contributed by atoms with Gasteiger partial charge in [0.25, 0.3) is 0 Å². The van der Waals surface area contributed by atoms with E-state index >= 15 is 0 Å². The van der Waals surface area contributed by atoms with E-state index in [1.54, 1.807) is 6.20 Å². The Morgan fingerprint density at radius 1 is 1.08 bits per heavy atom. The number of rotatable bonds is 4. The minimum Gasteiger partial charge on any atom is -0.365 e. The van der Waals surface area contributed by atoms with Gasteiger partial charge in [0.05, 0.1) is 12.4 Å². The molecule has 1 aromatic carbocycles. The van der Waals surface area contributed by atoms with Crippen molar-refractivity contribution in [1.29, 1.82) is 0 Å². The van der Waals surface area contributed by atoms with Crippen LogP contribution in [0.15, 0.2) is 48.9 Å². The van der Waals surface area contributed by atoms with E-state index in [1.165, 1.54) is 11.6 Å². The number of hydrogen-bond donors (Lipinski definition) is 3. The zero-order chi connectivity index (χ0) is 25.4. The quantitative estimate of drug-likeness (QED) is 0.356.